The van der Waals surface area contributed by atoms with Crippen molar-refractivity contribution in [3.63, 3.8) is 0 Å². The Morgan fingerprint density at radius 2 is 2.16 bits per heavy atom. The van der Waals surface area contributed by atoms with Crippen LogP contribution < -0.4 is 10.6 Å². The Hall–Kier alpha value is -1.53. The van der Waals surface area contributed by atoms with E-state index in [1.54, 1.807) is 10.6 Å². The third-order valence-electron chi connectivity index (χ3n) is 3.03. The number of aromatic nitrogens is 1. The van der Waals surface area contributed by atoms with Crippen molar-refractivity contribution < 1.29 is 4.39 Å². The Balaban J connectivity index is 2.46. The van der Waals surface area contributed by atoms with Crippen molar-refractivity contribution in [1.29, 1.82) is 0 Å². The molecule has 3 nitrogen and oxygen atoms in total. The summed E-state index contributed by atoms with van der Waals surface area (Å²) in [5.74, 6) is -0.366. The number of benzene rings is 1. The minimum Gasteiger partial charge on any atom is -0.389 e. The van der Waals surface area contributed by atoms with Gasteiger partial charge in [0.05, 0.1) is 6.54 Å². The van der Waals surface area contributed by atoms with E-state index in [4.69, 9.17) is 18.0 Å². The van der Waals surface area contributed by atoms with Crippen LogP contribution in [0.15, 0.2) is 23.0 Å². The monoisotopic (exact) mass is 296 g/mol. The SMILES string of the molecule is Cc1sc(=O)n(Cc2cc(C(N)=S)ccc2F)c1C. The van der Waals surface area contributed by atoms with Gasteiger partial charge in [0.25, 0.3) is 0 Å². The van der Waals surface area contributed by atoms with Crippen LogP contribution in [0.2, 0.25) is 0 Å². The van der Waals surface area contributed by atoms with Gasteiger partial charge in [0, 0.05) is 21.7 Å². The fourth-order valence-electron chi connectivity index (χ4n) is 1.79. The quantitative estimate of drug-likeness (QED) is 0.885. The molecule has 0 saturated heterocycles. The Morgan fingerprint density at radius 1 is 1.47 bits per heavy atom. The number of thiocarbonyl (C=S) groups is 1. The van der Waals surface area contributed by atoms with Gasteiger partial charge in [-0.25, -0.2) is 4.39 Å². The van der Waals surface area contributed by atoms with E-state index in [2.05, 4.69) is 0 Å². The summed E-state index contributed by atoms with van der Waals surface area (Å²) < 4.78 is 15.4. The summed E-state index contributed by atoms with van der Waals surface area (Å²) in [5.41, 5.74) is 7.40. The van der Waals surface area contributed by atoms with E-state index in [0.29, 0.717) is 11.1 Å². The highest BCUT2D eigenvalue weighted by Gasteiger charge is 2.11. The molecular formula is C13H13FN2OS2. The first-order valence-electron chi connectivity index (χ1n) is 5.65. The van der Waals surface area contributed by atoms with Crippen LogP contribution in [0.5, 0.6) is 0 Å². The summed E-state index contributed by atoms with van der Waals surface area (Å²) in [5, 5.41) is 0. The molecule has 0 radical (unpaired) electrons. The van der Waals surface area contributed by atoms with Gasteiger partial charge in [-0.3, -0.25) is 9.36 Å². The van der Waals surface area contributed by atoms with Crippen LogP contribution >= 0.6 is 23.6 Å². The topological polar surface area (TPSA) is 48.0 Å². The summed E-state index contributed by atoms with van der Waals surface area (Å²) in [6.45, 7) is 3.92. The summed E-state index contributed by atoms with van der Waals surface area (Å²) in [6.07, 6.45) is 0. The smallest absolute Gasteiger partial charge is 0.307 e. The van der Waals surface area contributed by atoms with E-state index < -0.39 is 0 Å². The average Bonchev–Trinajstić information content (AvgIpc) is 2.58. The van der Waals surface area contributed by atoms with Crippen molar-refractivity contribution in [1.82, 2.24) is 4.57 Å². The van der Waals surface area contributed by atoms with E-state index in [0.717, 1.165) is 10.6 Å². The average molecular weight is 296 g/mol. The molecule has 0 unspecified atom stereocenters. The van der Waals surface area contributed by atoms with Crippen LogP contribution in [0.1, 0.15) is 21.7 Å². The number of nitrogens with zero attached hydrogens (tertiary/aromatic N) is 1. The Labute approximate surface area is 119 Å². The lowest BCUT2D eigenvalue weighted by Crippen LogP contribution is -2.17. The second-order valence-corrected chi connectivity index (χ2v) is 5.87. The number of hydrogen-bond donors (Lipinski definition) is 1. The first-order valence-corrected chi connectivity index (χ1v) is 6.87. The Kier molecular flexibility index (Phi) is 3.82. The van der Waals surface area contributed by atoms with E-state index in [-0.39, 0.29) is 22.2 Å². The first kappa shape index (κ1) is 13.9. The van der Waals surface area contributed by atoms with Crippen molar-refractivity contribution in [2.75, 3.05) is 0 Å². The maximum atomic E-state index is 13.8. The summed E-state index contributed by atoms with van der Waals surface area (Å²) in [4.78, 5) is 12.9. The zero-order valence-electron chi connectivity index (χ0n) is 10.6. The van der Waals surface area contributed by atoms with Gasteiger partial charge in [-0.1, -0.05) is 23.6 Å². The van der Waals surface area contributed by atoms with Crippen molar-refractivity contribution in [2.24, 2.45) is 5.73 Å². The lowest BCUT2D eigenvalue weighted by molar-refractivity contribution is 0.595. The molecule has 2 N–H and O–H groups in total. The second kappa shape index (κ2) is 5.22. The van der Waals surface area contributed by atoms with Crippen LogP contribution in [-0.2, 0) is 6.54 Å². The molecule has 0 aliphatic carbocycles. The molecule has 0 aliphatic heterocycles. The lowest BCUT2D eigenvalue weighted by Gasteiger charge is -2.08. The highest BCUT2D eigenvalue weighted by atomic mass is 32.1. The van der Waals surface area contributed by atoms with Crippen molar-refractivity contribution in [3.8, 4) is 0 Å². The van der Waals surface area contributed by atoms with Gasteiger partial charge in [-0.15, -0.1) is 0 Å². The normalized spacial score (nSPS) is 10.7. The highest BCUT2D eigenvalue weighted by molar-refractivity contribution is 7.80. The van der Waals surface area contributed by atoms with E-state index in [9.17, 15) is 9.18 Å². The molecule has 0 saturated carbocycles. The number of rotatable bonds is 3. The lowest BCUT2D eigenvalue weighted by atomic mass is 10.1. The molecule has 6 heteroatoms. The standard InChI is InChI=1S/C13H13FN2OS2/c1-7-8(2)19-13(17)16(7)6-10-5-9(12(15)18)3-4-11(10)14/h3-5H,6H2,1-2H3,(H2,15,18). The zero-order valence-corrected chi connectivity index (χ0v) is 12.2. The molecular weight excluding hydrogens is 283 g/mol. The fraction of sp³-hybridized carbons (Fsp3) is 0.231. The van der Waals surface area contributed by atoms with Crippen LogP contribution in [0.4, 0.5) is 4.39 Å². The van der Waals surface area contributed by atoms with Gasteiger partial charge in [0.1, 0.15) is 10.8 Å². The molecule has 1 heterocycles. The second-order valence-electron chi connectivity index (χ2n) is 4.27. The third-order valence-corrected chi connectivity index (χ3v) is 4.27. The maximum absolute atomic E-state index is 13.8. The molecule has 1 aromatic carbocycles. The molecule has 1 aromatic heterocycles. The molecule has 0 amide bonds. The van der Waals surface area contributed by atoms with E-state index in [1.807, 2.05) is 13.8 Å². The van der Waals surface area contributed by atoms with Crippen LogP contribution in [0.3, 0.4) is 0 Å². The van der Waals surface area contributed by atoms with Crippen LogP contribution in [-0.4, -0.2) is 9.56 Å². The molecule has 0 aliphatic rings. The molecule has 2 rings (SSSR count). The van der Waals surface area contributed by atoms with Gasteiger partial charge in [-0.2, -0.15) is 0 Å². The number of nitrogens with two attached hydrogens (primary N) is 1. The minimum absolute atomic E-state index is 0.0878. The van der Waals surface area contributed by atoms with Gasteiger partial charge in [0.15, 0.2) is 0 Å². The maximum Gasteiger partial charge on any atom is 0.307 e. The van der Waals surface area contributed by atoms with E-state index in [1.165, 1.54) is 23.5 Å². The van der Waals surface area contributed by atoms with Gasteiger partial charge >= 0.3 is 4.87 Å². The predicted octanol–water partition coefficient (Wildman–Crippen LogP) is 2.35. The number of hydrogen-bond acceptors (Lipinski definition) is 3. The number of thiazole rings is 1. The minimum atomic E-state index is -0.366. The Bertz CT molecular complexity index is 703. The van der Waals surface area contributed by atoms with Gasteiger partial charge in [-0.05, 0) is 32.0 Å². The predicted molar refractivity (Wildman–Crippen MR) is 79.4 cm³/mol. The Morgan fingerprint density at radius 3 is 2.68 bits per heavy atom. The molecule has 0 bridgehead atoms. The summed E-state index contributed by atoms with van der Waals surface area (Å²) in [7, 11) is 0. The van der Waals surface area contributed by atoms with Crippen molar-refractivity contribution in [3.05, 3.63) is 55.4 Å². The largest absolute Gasteiger partial charge is 0.389 e. The van der Waals surface area contributed by atoms with Gasteiger partial charge < -0.3 is 5.73 Å². The summed E-state index contributed by atoms with van der Waals surface area (Å²) >= 11 is 6.04. The fourth-order valence-corrected chi connectivity index (χ4v) is 2.75. The molecule has 19 heavy (non-hydrogen) atoms. The number of halogens is 1. The molecule has 0 spiro atoms. The molecule has 0 fully saturated rings. The van der Waals surface area contributed by atoms with Crippen LogP contribution in [0.25, 0.3) is 0 Å². The van der Waals surface area contributed by atoms with Gasteiger partial charge in [0.2, 0.25) is 0 Å². The summed E-state index contributed by atoms with van der Waals surface area (Å²) in [6, 6.07) is 4.45. The highest BCUT2D eigenvalue weighted by Crippen LogP contribution is 2.15. The molecule has 100 valence electrons. The van der Waals surface area contributed by atoms with Crippen molar-refractivity contribution in [2.45, 2.75) is 20.4 Å². The van der Waals surface area contributed by atoms with Crippen LogP contribution in [0, 0.1) is 19.7 Å². The third kappa shape index (κ3) is 2.74. The number of aryl methyl sites for hydroxylation is 1. The van der Waals surface area contributed by atoms with Crippen molar-refractivity contribution >= 4 is 28.5 Å². The zero-order chi connectivity index (χ0) is 14.2. The van der Waals surface area contributed by atoms with E-state index >= 15 is 0 Å². The first-order chi connectivity index (χ1) is 8.90. The molecule has 0 atom stereocenters. The molecule has 2 aromatic rings.